The van der Waals surface area contributed by atoms with Gasteiger partial charge in [0.05, 0.1) is 13.2 Å². The minimum Gasteiger partial charge on any atom is -0.493 e. The van der Waals surface area contributed by atoms with Crippen molar-refractivity contribution in [3.05, 3.63) is 127 Å². The molecule has 0 radical (unpaired) electrons. The number of hydrogen-bond donors (Lipinski definition) is 0. The largest absolute Gasteiger partial charge is 0.493 e. The lowest BCUT2D eigenvalue weighted by atomic mass is 10.0. The van der Waals surface area contributed by atoms with Crippen LogP contribution >= 0.6 is 0 Å². The van der Waals surface area contributed by atoms with Crippen LogP contribution in [0.15, 0.2) is 121 Å². The molecule has 0 aromatic heterocycles. The second-order valence-corrected chi connectivity index (χ2v) is 11.0. The summed E-state index contributed by atoms with van der Waals surface area (Å²) in [6.45, 7) is 3.48. The number of benzene rings is 5. The van der Waals surface area contributed by atoms with Crippen LogP contribution in [0.4, 0.5) is 0 Å². The molecule has 0 aliphatic carbocycles. The van der Waals surface area contributed by atoms with Crippen LogP contribution in [-0.2, 0) is 15.9 Å². The van der Waals surface area contributed by atoms with E-state index in [2.05, 4.69) is 30.3 Å². The van der Waals surface area contributed by atoms with E-state index in [1.807, 2.05) is 91.0 Å². The molecule has 1 aliphatic rings. The highest BCUT2D eigenvalue weighted by molar-refractivity contribution is 5.79. The summed E-state index contributed by atoms with van der Waals surface area (Å²) in [5, 5.41) is 0. The third-order valence-electron chi connectivity index (χ3n) is 7.82. The van der Waals surface area contributed by atoms with Gasteiger partial charge in [-0.15, -0.1) is 0 Å². The number of para-hydroxylation sites is 5. The van der Waals surface area contributed by atoms with Gasteiger partial charge in [-0.05, 0) is 68.0 Å². The van der Waals surface area contributed by atoms with E-state index in [0.29, 0.717) is 13.2 Å². The summed E-state index contributed by atoms with van der Waals surface area (Å²) in [5.41, 5.74) is 4.97. The van der Waals surface area contributed by atoms with Gasteiger partial charge in [-0.2, -0.15) is 0 Å². The molecule has 0 saturated heterocycles. The van der Waals surface area contributed by atoms with Crippen molar-refractivity contribution in [2.24, 2.45) is 0 Å². The van der Waals surface area contributed by atoms with Gasteiger partial charge in [0.2, 0.25) is 0 Å². The molecule has 5 aromatic carbocycles. The fourth-order valence-corrected chi connectivity index (χ4v) is 5.48. The third kappa shape index (κ3) is 8.13. The minimum atomic E-state index is 0.624. The smallest absolute Gasteiger partial charge is 0.135 e. The van der Waals surface area contributed by atoms with E-state index in [4.69, 9.17) is 23.7 Å². The highest BCUT2D eigenvalue weighted by atomic mass is 16.5. The second kappa shape index (κ2) is 15.9. The summed E-state index contributed by atoms with van der Waals surface area (Å²) in [6.07, 6.45) is 4.62. The quantitative estimate of drug-likeness (QED) is 0.177. The first-order valence-electron chi connectivity index (χ1n) is 16.0. The average molecular weight is 601 g/mol. The van der Waals surface area contributed by atoms with Crippen LogP contribution in [0.3, 0.4) is 0 Å². The predicted molar refractivity (Wildman–Crippen MR) is 180 cm³/mol. The number of ether oxygens (including phenoxy) is 5. The Bertz CT molecular complexity index is 1660. The van der Waals surface area contributed by atoms with Crippen molar-refractivity contribution in [2.45, 2.75) is 32.1 Å². The molecule has 6 rings (SSSR count). The summed E-state index contributed by atoms with van der Waals surface area (Å²) >= 11 is 0. The van der Waals surface area contributed by atoms with E-state index in [0.717, 1.165) is 108 Å². The maximum absolute atomic E-state index is 6.73. The van der Waals surface area contributed by atoms with Gasteiger partial charge in [-0.1, -0.05) is 91.0 Å². The van der Waals surface area contributed by atoms with Gasteiger partial charge in [0, 0.05) is 42.1 Å². The van der Waals surface area contributed by atoms with E-state index in [-0.39, 0.29) is 0 Å². The van der Waals surface area contributed by atoms with Crippen LogP contribution in [-0.4, -0.2) is 33.0 Å². The minimum absolute atomic E-state index is 0.624. The van der Waals surface area contributed by atoms with Crippen LogP contribution in [0.5, 0.6) is 28.7 Å². The fourth-order valence-electron chi connectivity index (χ4n) is 5.48. The number of rotatable bonds is 0. The lowest BCUT2D eigenvalue weighted by Gasteiger charge is -2.18. The highest BCUT2D eigenvalue weighted by Crippen LogP contribution is 2.43. The van der Waals surface area contributed by atoms with Crippen molar-refractivity contribution in [1.29, 1.82) is 0 Å². The summed E-state index contributed by atoms with van der Waals surface area (Å²) in [4.78, 5) is 0. The van der Waals surface area contributed by atoms with E-state index in [1.54, 1.807) is 0 Å². The Morgan fingerprint density at radius 1 is 0.333 bits per heavy atom. The molecule has 0 bridgehead atoms. The molecule has 0 spiro atoms. The molecule has 5 heteroatoms. The van der Waals surface area contributed by atoms with Crippen molar-refractivity contribution >= 4 is 0 Å². The van der Waals surface area contributed by atoms with Gasteiger partial charge in [-0.3, -0.25) is 0 Å². The Kier molecular flexibility index (Phi) is 10.8. The van der Waals surface area contributed by atoms with Gasteiger partial charge in [-0.25, -0.2) is 0 Å². The molecular formula is C40H40O5. The third-order valence-corrected chi connectivity index (χ3v) is 7.82. The van der Waals surface area contributed by atoms with Crippen molar-refractivity contribution in [3.8, 4) is 51.0 Å². The highest BCUT2D eigenvalue weighted by Gasteiger charge is 2.17. The maximum Gasteiger partial charge on any atom is 0.135 e. The standard InChI is InChI=1S/C40H40O5/c1-6-20-36-31(15-1)25-30-42-28-12-11-26-41-27-13-14-29-43-37-21-7-2-16-32(37)33-17-3-9-23-39(33)45-40-24-10-5-19-35(40)34-18-4-8-22-38(34)44-36/h1-10,15-24H,11-14,25-30H2. The zero-order chi connectivity index (χ0) is 30.5. The first-order valence-corrected chi connectivity index (χ1v) is 16.0. The Morgan fingerprint density at radius 3 is 1.27 bits per heavy atom. The normalized spacial score (nSPS) is 15.0. The number of hydrogen-bond acceptors (Lipinski definition) is 5. The predicted octanol–water partition coefficient (Wildman–Crippen LogP) is 10.1. The Labute approximate surface area is 266 Å². The number of fused-ring (bicyclic) bond motifs is 7. The van der Waals surface area contributed by atoms with Crippen molar-refractivity contribution in [1.82, 2.24) is 0 Å². The van der Waals surface area contributed by atoms with Crippen molar-refractivity contribution in [2.75, 3.05) is 33.0 Å². The van der Waals surface area contributed by atoms with Crippen molar-refractivity contribution in [3.63, 3.8) is 0 Å². The maximum atomic E-state index is 6.73. The Balaban J connectivity index is 1.34. The Hall–Kier alpha value is -4.58. The first-order chi connectivity index (χ1) is 22.4. The first kappa shape index (κ1) is 30.4. The molecule has 0 amide bonds. The SMILES string of the molecule is c1ccc2c(c1)CCOCCCCOCCCCOc1ccccc1-c1ccccc1Oc1ccccc1-c1ccccc1O2. The molecule has 5 aromatic rings. The summed E-state index contributed by atoms with van der Waals surface area (Å²) in [5.74, 6) is 3.92. The summed E-state index contributed by atoms with van der Waals surface area (Å²) < 4.78 is 31.5. The van der Waals surface area contributed by atoms with Gasteiger partial charge < -0.3 is 23.7 Å². The van der Waals surface area contributed by atoms with E-state index in [1.165, 1.54) is 0 Å². The molecule has 0 fully saturated rings. The van der Waals surface area contributed by atoms with Crippen LogP contribution in [0.25, 0.3) is 22.3 Å². The molecule has 0 unspecified atom stereocenters. The monoisotopic (exact) mass is 600 g/mol. The fraction of sp³-hybridized carbons (Fsp3) is 0.250. The Morgan fingerprint density at radius 2 is 0.711 bits per heavy atom. The van der Waals surface area contributed by atoms with Crippen LogP contribution in [0, 0.1) is 0 Å². The zero-order valence-corrected chi connectivity index (χ0v) is 25.7. The van der Waals surface area contributed by atoms with Crippen LogP contribution < -0.4 is 14.2 Å². The molecule has 1 aliphatic heterocycles. The zero-order valence-electron chi connectivity index (χ0n) is 25.7. The van der Waals surface area contributed by atoms with Crippen LogP contribution in [0.2, 0.25) is 0 Å². The van der Waals surface area contributed by atoms with E-state index in [9.17, 15) is 0 Å². The lowest BCUT2D eigenvalue weighted by molar-refractivity contribution is 0.101. The van der Waals surface area contributed by atoms with Gasteiger partial charge in [0.1, 0.15) is 28.7 Å². The van der Waals surface area contributed by atoms with Crippen molar-refractivity contribution < 1.29 is 23.7 Å². The topological polar surface area (TPSA) is 46.2 Å². The molecule has 5 nitrogen and oxygen atoms in total. The second-order valence-electron chi connectivity index (χ2n) is 11.0. The molecule has 0 saturated carbocycles. The van der Waals surface area contributed by atoms with Gasteiger partial charge in [0.15, 0.2) is 0 Å². The molecule has 230 valence electrons. The van der Waals surface area contributed by atoms with E-state index >= 15 is 0 Å². The molecule has 0 atom stereocenters. The molecule has 0 N–H and O–H groups in total. The van der Waals surface area contributed by atoms with Gasteiger partial charge in [0.25, 0.3) is 0 Å². The average Bonchev–Trinajstić information content (AvgIpc) is 3.08. The molecular weight excluding hydrogens is 560 g/mol. The molecule has 1 heterocycles. The van der Waals surface area contributed by atoms with E-state index < -0.39 is 0 Å². The lowest BCUT2D eigenvalue weighted by Crippen LogP contribution is -2.04. The summed E-state index contributed by atoms with van der Waals surface area (Å²) in [7, 11) is 0. The molecule has 45 heavy (non-hydrogen) atoms. The van der Waals surface area contributed by atoms with Crippen LogP contribution in [0.1, 0.15) is 31.2 Å². The van der Waals surface area contributed by atoms with Gasteiger partial charge >= 0.3 is 0 Å². The summed E-state index contributed by atoms with van der Waals surface area (Å²) in [6, 6.07) is 40.7.